The quantitative estimate of drug-likeness (QED) is 0.255. The number of rotatable bonds is 10. The van der Waals surface area contributed by atoms with Crippen molar-refractivity contribution in [1.82, 2.24) is 15.5 Å². The molecule has 0 aromatic heterocycles. The fourth-order valence-corrected chi connectivity index (χ4v) is 4.60. The van der Waals surface area contributed by atoms with Crippen LogP contribution in [0.1, 0.15) is 44.2 Å². The highest BCUT2D eigenvalue weighted by Gasteiger charge is 2.36. The largest absolute Gasteiger partial charge is 0.385 e. The van der Waals surface area contributed by atoms with E-state index in [1.807, 2.05) is 12.1 Å². The Morgan fingerprint density at radius 2 is 2.00 bits per heavy atom. The molecule has 1 aliphatic carbocycles. The molecule has 2 fully saturated rings. The van der Waals surface area contributed by atoms with Gasteiger partial charge in [-0.1, -0.05) is 36.2 Å². The van der Waals surface area contributed by atoms with Crippen LogP contribution in [0.5, 0.6) is 0 Å². The number of nitrogens with one attached hydrogen (secondary N) is 2. The average Bonchev–Trinajstić information content (AvgIpc) is 2.74. The molecule has 1 aromatic carbocycles. The number of guanidine groups is 1. The van der Waals surface area contributed by atoms with Crippen LogP contribution in [-0.2, 0) is 9.47 Å². The molecule has 0 radical (unpaired) electrons. The number of aliphatic imine (C=N–C) groups is 1. The molecule has 1 atom stereocenters. The van der Waals surface area contributed by atoms with Gasteiger partial charge in [-0.25, -0.2) is 0 Å². The van der Waals surface area contributed by atoms with Crippen molar-refractivity contribution < 1.29 is 9.47 Å². The number of hydrogen-bond acceptors (Lipinski definition) is 4. The minimum absolute atomic E-state index is 0. The third-order valence-electron chi connectivity index (χ3n) is 6.38. The minimum Gasteiger partial charge on any atom is -0.385 e. The van der Waals surface area contributed by atoms with E-state index in [2.05, 4.69) is 34.6 Å². The lowest BCUT2D eigenvalue weighted by molar-refractivity contribution is 0.0170. The van der Waals surface area contributed by atoms with Crippen molar-refractivity contribution >= 4 is 41.5 Å². The Kier molecular flexibility index (Phi) is 11.9. The number of nitrogens with zero attached hydrogens (tertiary/aromatic N) is 2. The molecule has 3 rings (SSSR count). The first-order chi connectivity index (χ1) is 14.7. The van der Waals surface area contributed by atoms with Gasteiger partial charge in [0.1, 0.15) is 0 Å². The van der Waals surface area contributed by atoms with Gasteiger partial charge in [0.25, 0.3) is 0 Å². The standard InChI is InChI=1S/C23H37ClN4O2.HI/c1-3-25-22(27-18-23(9-6-10-23)11-14-29-2)26-17-21(28-12-15-30-16-13-28)19-7-4-5-8-20(19)24;/h4-5,7-8,21H,3,6,9-18H2,1-2H3,(H2,25,26,27);1H. The van der Waals surface area contributed by atoms with Crippen LogP contribution in [0.4, 0.5) is 0 Å². The summed E-state index contributed by atoms with van der Waals surface area (Å²) in [6.07, 6.45) is 4.88. The number of methoxy groups -OCH3 is 1. The highest BCUT2D eigenvalue weighted by molar-refractivity contribution is 14.0. The van der Waals surface area contributed by atoms with Crippen LogP contribution >= 0.6 is 35.6 Å². The molecule has 1 heterocycles. The number of ether oxygens (including phenoxy) is 2. The Bertz CT molecular complexity index is 681. The third-order valence-corrected chi connectivity index (χ3v) is 6.73. The van der Waals surface area contributed by atoms with Gasteiger partial charge in [0.2, 0.25) is 0 Å². The molecule has 31 heavy (non-hydrogen) atoms. The Balaban J connectivity index is 0.00000341. The molecular formula is C23H38ClIN4O2. The molecule has 0 spiro atoms. The maximum absolute atomic E-state index is 6.57. The average molecular weight is 565 g/mol. The normalized spacial score (nSPS) is 19.8. The van der Waals surface area contributed by atoms with Gasteiger partial charge in [-0.2, -0.15) is 0 Å². The van der Waals surface area contributed by atoms with Crippen LogP contribution in [0, 0.1) is 5.41 Å². The van der Waals surface area contributed by atoms with Crippen LogP contribution in [0.2, 0.25) is 5.02 Å². The molecule has 176 valence electrons. The molecule has 1 aromatic rings. The van der Waals surface area contributed by atoms with Crippen molar-refractivity contribution in [3.05, 3.63) is 34.9 Å². The summed E-state index contributed by atoms with van der Waals surface area (Å²) in [5, 5.41) is 7.81. The molecule has 8 heteroatoms. The molecule has 0 bridgehead atoms. The molecule has 1 saturated heterocycles. The van der Waals surface area contributed by atoms with Crippen molar-refractivity contribution in [2.75, 3.05) is 59.7 Å². The lowest BCUT2D eigenvalue weighted by Gasteiger charge is -2.41. The van der Waals surface area contributed by atoms with E-state index in [1.54, 1.807) is 7.11 Å². The van der Waals surface area contributed by atoms with Crippen molar-refractivity contribution in [2.45, 2.75) is 38.6 Å². The molecule has 2 N–H and O–H groups in total. The van der Waals surface area contributed by atoms with E-state index in [4.69, 9.17) is 26.1 Å². The summed E-state index contributed by atoms with van der Waals surface area (Å²) in [6.45, 7) is 8.69. The summed E-state index contributed by atoms with van der Waals surface area (Å²) in [6, 6.07) is 8.32. The topological polar surface area (TPSA) is 58.1 Å². The molecule has 1 aliphatic heterocycles. The first kappa shape index (κ1) is 26.6. The first-order valence-corrected chi connectivity index (χ1v) is 11.6. The maximum atomic E-state index is 6.57. The predicted molar refractivity (Wildman–Crippen MR) is 139 cm³/mol. The number of morpholine rings is 1. The van der Waals surface area contributed by atoms with Crippen LogP contribution in [0.15, 0.2) is 29.3 Å². The Hall–Kier alpha value is -0.610. The second-order valence-electron chi connectivity index (χ2n) is 8.36. The monoisotopic (exact) mass is 564 g/mol. The Morgan fingerprint density at radius 3 is 2.61 bits per heavy atom. The zero-order chi connectivity index (χ0) is 21.2. The van der Waals surface area contributed by atoms with Gasteiger partial charge in [0, 0.05) is 51.5 Å². The third kappa shape index (κ3) is 7.74. The number of hydrogen-bond donors (Lipinski definition) is 2. The fraction of sp³-hybridized carbons (Fsp3) is 0.696. The van der Waals surface area contributed by atoms with Gasteiger partial charge < -0.3 is 20.1 Å². The summed E-state index contributed by atoms with van der Waals surface area (Å²) in [7, 11) is 1.78. The maximum Gasteiger partial charge on any atom is 0.191 e. The van der Waals surface area contributed by atoms with E-state index in [0.717, 1.165) is 75.5 Å². The smallest absolute Gasteiger partial charge is 0.191 e. The number of halogens is 2. The molecular weight excluding hydrogens is 527 g/mol. The molecule has 2 aliphatic rings. The highest BCUT2D eigenvalue weighted by atomic mass is 127. The SMILES string of the molecule is CCNC(=NCC1(CCOC)CCC1)NCC(c1ccccc1Cl)N1CCOCC1.I. The van der Waals surface area contributed by atoms with Gasteiger partial charge in [-0.15, -0.1) is 24.0 Å². The zero-order valence-corrected chi connectivity index (χ0v) is 22.0. The predicted octanol–water partition coefficient (Wildman–Crippen LogP) is 4.09. The van der Waals surface area contributed by atoms with E-state index in [9.17, 15) is 0 Å². The summed E-state index contributed by atoms with van der Waals surface area (Å²) in [5.74, 6) is 0.881. The minimum atomic E-state index is 0. The fourth-order valence-electron chi connectivity index (χ4n) is 4.33. The van der Waals surface area contributed by atoms with Crippen molar-refractivity contribution in [3.8, 4) is 0 Å². The number of benzene rings is 1. The van der Waals surface area contributed by atoms with E-state index < -0.39 is 0 Å². The molecule has 1 unspecified atom stereocenters. The van der Waals surface area contributed by atoms with Crippen LogP contribution in [0.3, 0.4) is 0 Å². The summed E-state index contributed by atoms with van der Waals surface area (Å²) >= 11 is 6.57. The first-order valence-electron chi connectivity index (χ1n) is 11.2. The van der Waals surface area contributed by atoms with Gasteiger partial charge in [-0.3, -0.25) is 9.89 Å². The Morgan fingerprint density at radius 1 is 1.26 bits per heavy atom. The lowest BCUT2D eigenvalue weighted by Crippen LogP contribution is -2.47. The van der Waals surface area contributed by atoms with Gasteiger partial charge in [0.15, 0.2) is 5.96 Å². The van der Waals surface area contributed by atoms with Gasteiger partial charge in [0.05, 0.1) is 19.3 Å². The van der Waals surface area contributed by atoms with Crippen LogP contribution in [-0.4, -0.2) is 70.5 Å². The van der Waals surface area contributed by atoms with E-state index in [-0.39, 0.29) is 30.0 Å². The van der Waals surface area contributed by atoms with E-state index in [1.165, 1.54) is 19.3 Å². The van der Waals surface area contributed by atoms with Gasteiger partial charge >= 0.3 is 0 Å². The summed E-state index contributed by atoms with van der Waals surface area (Å²) < 4.78 is 10.9. The zero-order valence-electron chi connectivity index (χ0n) is 18.9. The molecule has 1 saturated carbocycles. The molecule has 0 amide bonds. The summed E-state index contributed by atoms with van der Waals surface area (Å²) in [4.78, 5) is 7.41. The Labute approximate surface area is 209 Å². The molecule has 6 nitrogen and oxygen atoms in total. The van der Waals surface area contributed by atoms with Gasteiger partial charge in [-0.05, 0) is 43.2 Å². The van der Waals surface area contributed by atoms with E-state index >= 15 is 0 Å². The van der Waals surface area contributed by atoms with Crippen molar-refractivity contribution in [3.63, 3.8) is 0 Å². The van der Waals surface area contributed by atoms with Crippen LogP contribution in [0.25, 0.3) is 0 Å². The second-order valence-corrected chi connectivity index (χ2v) is 8.77. The van der Waals surface area contributed by atoms with Crippen molar-refractivity contribution in [2.24, 2.45) is 10.4 Å². The van der Waals surface area contributed by atoms with Crippen molar-refractivity contribution in [1.29, 1.82) is 0 Å². The van der Waals surface area contributed by atoms with Crippen LogP contribution < -0.4 is 10.6 Å². The lowest BCUT2D eigenvalue weighted by atomic mass is 9.67. The summed E-state index contributed by atoms with van der Waals surface area (Å²) in [5.41, 5.74) is 1.46. The highest BCUT2D eigenvalue weighted by Crippen LogP contribution is 2.44. The second kappa shape index (κ2) is 13.8. The van der Waals surface area contributed by atoms with E-state index in [0.29, 0.717) is 5.41 Å².